The Kier molecular flexibility index (Phi) is 4.85. The molecule has 0 heterocycles. The fourth-order valence-corrected chi connectivity index (χ4v) is 2.17. The third-order valence-corrected chi connectivity index (χ3v) is 3.31. The lowest BCUT2D eigenvalue weighted by atomic mass is 10.1. The Balaban J connectivity index is 2.05. The van der Waals surface area contributed by atoms with Crippen LogP contribution in [0.1, 0.15) is 18.1 Å². The molecule has 0 saturated heterocycles. The van der Waals surface area contributed by atoms with Crippen LogP contribution in [0.5, 0.6) is 5.75 Å². The lowest BCUT2D eigenvalue weighted by Crippen LogP contribution is -2.02. The monoisotopic (exact) mass is 293 g/mol. The number of ether oxygens (including phenoxy) is 1. The molecule has 2 nitrogen and oxygen atoms in total. The van der Waals surface area contributed by atoms with Gasteiger partial charge in [0.2, 0.25) is 0 Å². The maximum absolute atomic E-state index is 13.0. The van der Waals surface area contributed by atoms with Crippen molar-refractivity contribution in [2.75, 3.05) is 11.9 Å². The zero-order valence-electron chi connectivity index (χ0n) is 11.5. The summed E-state index contributed by atoms with van der Waals surface area (Å²) < 4.78 is 18.4. The van der Waals surface area contributed by atoms with Crippen LogP contribution in [-0.2, 0) is 6.54 Å². The first kappa shape index (κ1) is 14.7. The standard InChI is InChI=1S/C16H17ClFNO/c1-3-20-16-7-6-14(9-15(16)17)19-10-12-4-5-13(18)8-11(12)2/h4-9,19H,3,10H2,1-2H3. The Bertz CT molecular complexity index is 601. The minimum atomic E-state index is -0.213. The maximum Gasteiger partial charge on any atom is 0.138 e. The highest BCUT2D eigenvalue weighted by Gasteiger charge is 2.04. The second-order valence-electron chi connectivity index (χ2n) is 4.50. The summed E-state index contributed by atoms with van der Waals surface area (Å²) in [5.74, 6) is 0.466. The fourth-order valence-electron chi connectivity index (χ4n) is 1.94. The summed E-state index contributed by atoms with van der Waals surface area (Å²) in [6.45, 7) is 5.02. The molecule has 0 amide bonds. The van der Waals surface area contributed by atoms with E-state index in [-0.39, 0.29) is 5.82 Å². The van der Waals surface area contributed by atoms with Crippen molar-refractivity contribution < 1.29 is 9.13 Å². The van der Waals surface area contributed by atoms with Gasteiger partial charge in [-0.2, -0.15) is 0 Å². The molecule has 0 aliphatic heterocycles. The van der Waals surface area contributed by atoms with E-state index in [1.54, 1.807) is 6.07 Å². The van der Waals surface area contributed by atoms with E-state index in [0.717, 1.165) is 16.8 Å². The molecule has 0 unspecified atom stereocenters. The van der Waals surface area contributed by atoms with Gasteiger partial charge in [-0.25, -0.2) is 4.39 Å². The van der Waals surface area contributed by atoms with E-state index in [0.29, 0.717) is 23.9 Å². The minimum absolute atomic E-state index is 0.213. The molecule has 0 saturated carbocycles. The summed E-state index contributed by atoms with van der Waals surface area (Å²) in [7, 11) is 0. The highest BCUT2D eigenvalue weighted by molar-refractivity contribution is 6.32. The van der Waals surface area contributed by atoms with Crippen LogP contribution in [0.15, 0.2) is 36.4 Å². The largest absolute Gasteiger partial charge is 0.492 e. The van der Waals surface area contributed by atoms with Crippen molar-refractivity contribution >= 4 is 17.3 Å². The molecule has 106 valence electrons. The van der Waals surface area contributed by atoms with E-state index in [1.807, 2.05) is 32.0 Å². The zero-order valence-corrected chi connectivity index (χ0v) is 12.3. The predicted molar refractivity (Wildman–Crippen MR) is 81.1 cm³/mol. The van der Waals surface area contributed by atoms with Gasteiger partial charge >= 0.3 is 0 Å². The van der Waals surface area contributed by atoms with E-state index in [4.69, 9.17) is 16.3 Å². The number of benzene rings is 2. The molecular formula is C16H17ClFNO. The van der Waals surface area contributed by atoms with Crippen molar-refractivity contribution in [1.82, 2.24) is 0 Å². The second-order valence-corrected chi connectivity index (χ2v) is 4.91. The molecule has 0 atom stereocenters. The van der Waals surface area contributed by atoms with Crippen molar-refractivity contribution in [2.24, 2.45) is 0 Å². The Morgan fingerprint density at radius 2 is 2.00 bits per heavy atom. The quantitative estimate of drug-likeness (QED) is 0.855. The van der Waals surface area contributed by atoms with E-state index in [9.17, 15) is 4.39 Å². The molecule has 0 radical (unpaired) electrons. The number of hydrogen-bond acceptors (Lipinski definition) is 2. The van der Waals surface area contributed by atoms with Crippen LogP contribution in [0.3, 0.4) is 0 Å². The van der Waals surface area contributed by atoms with Crippen LogP contribution in [0.4, 0.5) is 10.1 Å². The number of anilines is 1. The van der Waals surface area contributed by atoms with Gasteiger partial charge in [0.25, 0.3) is 0 Å². The lowest BCUT2D eigenvalue weighted by molar-refractivity contribution is 0.340. The van der Waals surface area contributed by atoms with E-state index >= 15 is 0 Å². The molecule has 0 aliphatic carbocycles. The minimum Gasteiger partial charge on any atom is -0.492 e. The Labute approximate surface area is 123 Å². The van der Waals surface area contributed by atoms with Gasteiger partial charge in [0.05, 0.1) is 11.6 Å². The number of halogens is 2. The smallest absolute Gasteiger partial charge is 0.138 e. The fraction of sp³-hybridized carbons (Fsp3) is 0.250. The summed E-state index contributed by atoms with van der Waals surface area (Å²) in [5.41, 5.74) is 2.88. The molecule has 2 rings (SSSR count). The van der Waals surface area contributed by atoms with E-state index in [2.05, 4.69) is 5.32 Å². The first-order chi connectivity index (χ1) is 9.60. The van der Waals surface area contributed by atoms with Gasteiger partial charge < -0.3 is 10.1 Å². The summed E-state index contributed by atoms with van der Waals surface area (Å²) in [5, 5.41) is 3.85. The molecule has 20 heavy (non-hydrogen) atoms. The third kappa shape index (κ3) is 3.64. The number of nitrogens with one attached hydrogen (secondary N) is 1. The lowest BCUT2D eigenvalue weighted by Gasteiger charge is -2.11. The van der Waals surface area contributed by atoms with Gasteiger partial charge in [0, 0.05) is 12.2 Å². The van der Waals surface area contributed by atoms with Crippen LogP contribution in [-0.4, -0.2) is 6.61 Å². The average Bonchev–Trinajstić information content (AvgIpc) is 2.41. The SMILES string of the molecule is CCOc1ccc(NCc2ccc(F)cc2C)cc1Cl. The van der Waals surface area contributed by atoms with Crippen LogP contribution in [0.2, 0.25) is 5.02 Å². The molecule has 0 spiro atoms. The summed E-state index contributed by atoms with van der Waals surface area (Å²) in [6.07, 6.45) is 0. The topological polar surface area (TPSA) is 21.3 Å². The molecule has 0 aliphatic rings. The third-order valence-electron chi connectivity index (χ3n) is 3.02. The summed E-state index contributed by atoms with van der Waals surface area (Å²) in [6, 6.07) is 10.4. The highest BCUT2D eigenvalue weighted by Crippen LogP contribution is 2.28. The number of hydrogen-bond donors (Lipinski definition) is 1. The van der Waals surface area contributed by atoms with Gasteiger partial charge in [0.1, 0.15) is 11.6 Å². The van der Waals surface area contributed by atoms with Gasteiger partial charge in [-0.05, 0) is 55.3 Å². The zero-order chi connectivity index (χ0) is 14.5. The Hall–Kier alpha value is -1.74. The first-order valence-electron chi connectivity index (χ1n) is 6.51. The van der Waals surface area contributed by atoms with Gasteiger partial charge in [0.15, 0.2) is 0 Å². The van der Waals surface area contributed by atoms with Crippen molar-refractivity contribution in [1.29, 1.82) is 0 Å². The average molecular weight is 294 g/mol. The molecule has 2 aromatic rings. The van der Waals surface area contributed by atoms with Crippen molar-refractivity contribution in [2.45, 2.75) is 20.4 Å². The highest BCUT2D eigenvalue weighted by atomic mass is 35.5. The molecule has 0 bridgehead atoms. The first-order valence-corrected chi connectivity index (χ1v) is 6.89. The Morgan fingerprint density at radius 3 is 2.65 bits per heavy atom. The van der Waals surface area contributed by atoms with Crippen LogP contribution in [0, 0.1) is 12.7 Å². The van der Waals surface area contributed by atoms with Gasteiger partial charge in [-0.3, -0.25) is 0 Å². The van der Waals surface area contributed by atoms with Gasteiger partial charge in [-0.15, -0.1) is 0 Å². The summed E-state index contributed by atoms with van der Waals surface area (Å²) >= 11 is 6.13. The molecule has 2 aromatic carbocycles. The summed E-state index contributed by atoms with van der Waals surface area (Å²) in [4.78, 5) is 0. The van der Waals surface area contributed by atoms with Crippen LogP contribution < -0.4 is 10.1 Å². The van der Waals surface area contributed by atoms with Crippen LogP contribution >= 0.6 is 11.6 Å². The van der Waals surface area contributed by atoms with Crippen molar-refractivity contribution in [3.63, 3.8) is 0 Å². The Morgan fingerprint density at radius 1 is 1.20 bits per heavy atom. The van der Waals surface area contributed by atoms with Crippen molar-refractivity contribution in [3.8, 4) is 5.75 Å². The molecule has 0 fully saturated rings. The maximum atomic E-state index is 13.0. The number of rotatable bonds is 5. The van der Waals surface area contributed by atoms with Crippen LogP contribution in [0.25, 0.3) is 0 Å². The van der Waals surface area contributed by atoms with E-state index in [1.165, 1.54) is 12.1 Å². The van der Waals surface area contributed by atoms with Crippen molar-refractivity contribution in [3.05, 3.63) is 58.4 Å². The molecule has 0 aromatic heterocycles. The molecule has 1 N–H and O–H groups in total. The molecular weight excluding hydrogens is 277 g/mol. The van der Waals surface area contributed by atoms with Gasteiger partial charge in [-0.1, -0.05) is 17.7 Å². The molecule has 4 heteroatoms. The number of aryl methyl sites for hydroxylation is 1. The normalized spacial score (nSPS) is 10.4. The second kappa shape index (κ2) is 6.62. The van der Waals surface area contributed by atoms with E-state index < -0.39 is 0 Å². The predicted octanol–water partition coefficient (Wildman–Crippen LogP) is 4.80.